The van der Waals surface area contributed by atoms with Gasteiger partial charge >= 0.3 is 0 Å². The van der Waals surface area contributed by atoms with Crippen molar-refractivity contribution in [3.05, 3.63) is 56.2 Å². The van der Waals surface area contributed by atoms with Crippen molar-refractivity contribution >= 4 is 67.7 Å². The summed E-state index contributed by atoms with van der Waals surface area (Å²) < 4.78 is 14.1. The number of hydrogen-bond donors (Lipinski definition) is 2. The third-order valence-corrected chi connectivity index (χ3v) is 3.96. The van der Waals surface area contributed by atoms with Gasteiger partial charge in [0.25, 0.3) is 0 Å². The van der Waals surface area contributed by atoms with Crippen LogP contribution in [-0.2, 0) is 0 Å². The summed E-state index contributed by atoms with van der Waals surface area (Å²) in [7, 11) is 0. The van der Waals surface area contributed by atoms with Gasteiger partial charge in [-0.3, -0.25) is 0 Å². The number of halogens is 4. The van der Waals surface area contributed by atoms with Crippen molar-refractivity contribution in [2.24, 2.45) is 5.73 Å². The maximum absolute atomic E-state index is 13.3. The van der Waals surface area contributed by atoms with Gasteiger partial charge in [-0.05, 0) is 46.3 Å². The number of rotatable bonds is 3. The molecule has 2 aromatic carbocycles. The Bertz CT molecular complexity index is 671. The lowest BCUT2D eigenvalue weighted by atomic mass is 10.2. The van der Waals surface area contributed by atoms with E-state index in [0.29, 0.717) is 10.7 Å². The van der Waals surface area contributed by atoms with Gasteiger partial charge in [0.1, 0.15) is 4.99 Å². The molecule has 0 unspecified atom stereocenters. The van der Waals surface area contributed by atoms with Crippen LogP contribution in [0.25, 0.3) is 0 Å². The SMILES string of the molecule is NC(=S)c1ccc(Nc2cc(Cl)c(F)c(Cl)c2)c(Br)c1. The molecule has 0 radical (unpaired) electrons. The molecule has 0 fully saturated rings. The van der Waals surface area contributed by atoms with Crippen LogP contribution in [0.3, 0.4) is 0 Å². The van der Waals surface area contributed by atoms with Gasteiger partial charge in [0.2, 0.25) is 0 Å². The Morgan fingerprint density at radius 2 is 1.80 bits per heavy atom. The lowest BCUT2D eigenvalue weighted by molar-refractivity contribution is 0.629. The second kappa shape index (κ2) is 6.26. The van der Waals surface area contributed by atoms with Gasteiger partial charge in [-0.2, -0.15) is 0 Å². The van der Waals surface area contributed by atoms with E-state index < -0.39 is 5.82 Å². The second-order valence-corrected chi connectivity index (χ2v) is 6.05. The molecule has 0 amide bonds. The Labute approximate surface area is 139 Å². The molecular weight excluding hydrogens is 386 g/mol. The Kier molecular flexibility index (Phi) is 4.86. The van der Waals surface area contributed by atoms with E-state index >= 15 is 0 Å². The highest BCUT2D eigenvalue weighted by Gasteiger charge is 2.09. The second-order valence-electron chi connectivity index (χ2n) is 3.94. The van der Waals surface area contributed by atoms with Crippen LogP contribution in [0.2, 0.25) is 10.0 Å². The molecule has 0 aliphatic heterocycles. The molecule has 0 atom stereocenters. The van der Waals surface area contributed by atoms with E-state index in [4.69, 9.17) is 41.2 Å². The van der Waals surface area contributed by atoms with Crippen molar-refractivity contribution in [3.63, 3.8) is 0 Å². The minimum absolute atomic E-state index is 0.0455. The van der Waals surface area contributed by atoms with Crippen LogP contribution in [0, 0.1) is 5.82 Å². The van der Waals surface area contributed by atoms with Crippen molar-refractivity contribution in [1.29, 1.82) is 0 Å². The Morgan fingerprint density at radius 1 is 1.20 bits per heavy atom. The molecule has 0 saturated heterocycles. The first kappa shape index (κ1) is 15.5. The molecule has 3 N–H and O–H groups in total. The summed E-state index contributed by atoms with van der Waals surface area (Å²) in [6, 6.07) is 8.27. The molecule has 2 aromatic rings. The van der Waals surface area contributed by atoms with Crippen LogP contribution in [0.4, 0.5) is 15.8 Å². The van der Waals surface area contributed by atoms with Crippen LogP contribution in [0.15, 0.2) is 34.8 Å². The molecule has 7 heteroatoms. The van der Waals surface area contributed by atoms with Crippen LogP contribution >= 0.6 is 51.3 Å². The zero-order chi connectivity index (χ0) is 14.9. The first-order valence-electron chi connectivity index (χ1n) is 5.39. The van der Waals surface area contributed by atoms with Crippen molar-refractivity contribution in [2.75, 3.05) is 5.32 Å². The molecule has 2 nitrogen and oxygen atoms in total. The fraction of sp³-hybridized carbons (Fsp3) is 0. The molecule has 2 rings (SSSR count). The van der Waals surface area contributed by atoms with E-state index in [9.17, 15) is 4.39 Å². The van der Waals surface area contributed by atoms with Crippen molar-refractivity contribution in [1.82, 2.24) is 0 Å². The van der Waals surface area contributed by atoms with E-state index in [-0.39, 0.29) is 10.0 Å². The topological polar surface area (TPSA) is 38.0 Å². The van der Waals surface area contributed by atoms with Gasteiger partial charge in [-0.1, -0.05) is 35.4 Å². The van der Waals surface area contributed by atoms with Crippen LogP contribution < -0.4 is 11.1 Å². The Hall–Kier alpha value is -0.880. The largest absolute Gasteiger partial charge is 0.389 e. The summed E-state index contributed by atoms with van der Waals surface area (Å²) >= 11 is 19.8. The number of nitrogens with one attached hydrogen (secondary N) is 1. The fourth-order valence-electron chi connectivity index (χ4n) is 1.55. The zero-order valence-corrected chi connectivity index (χ0v) is 13.8. The van der Waals surface area contributed by atoms with Crippen molar-refractivity contribution < 1.29 is 4.39 Å². The van der Waals surface area contributed by atoms with E-state index in [1.165, 1.54) is 12.1 Å². The molecular formula is C13H8BrCl2FN2S. The summed E-state index contributed by atoms with van der Waals surface area (Å²) in [6.07, 6.45) is 0. The fourth-order valence-corrected chi connectivity index (χ4v) is 2.64. The summed E-state index contributed by atoms with van der Waals surface area (Å²) in [5.41, 5.74) is 7.63. The first-order chi connectivity index (χ1) is 9.38. The lowest BCUT2D eigenvalue weighted by Gasteiger charge is -2.11. The Balaban J connectivity index is 2.33. The van der Waals surface area contributed by atoms with E-state index in [1.54, 1.807) is 18.2 Å². The van der Waals surface area contributed by atoms with Crippen LogP contribution in [0.5, 0.6) is 0 Å². The molecule has 0 aromatic heterocycles. The number of thiocarbonyl (C=S) groups is 1. The summed E-state index contributed by atoms with van der Waals surface area (Å²) in [5.74, 6) is -0.637. The van der Waals surface area contributed by atoms with Gasteiger partial charge in [0.05, 0.1) is 15.7 Å². The number of anilines is 2. The van der Waals surface area contributed by atoms with Crippen LogP contribution in [0.1, 0.15) is 5.56 Å². The summed E-state index contributed by atoms with van der Waals surface area (Å²) in [4.78, 5) is 0.310. The van der Waals surface area contributed by atoms with E-state index in [1.807, 2.05) is 0 Å². The molecule has 0 spiro atoms. The van der Waals surface area contributed by atoms with Crippen molar-refractivity contribution in [3.8, 4) is 0 Å². The molecule has 20 heavy (non-hydrogen) atoms. The quantitative estimate of drug-likeness (QED) is 0.550. The summed E-state index contributed by atoms with van der Waals surface area (Å²) in [6.45, 7) is 0. The van der Waals surface area contributed by atoms with Crippen LogP contribution in [-0.4, -0.2) is 4.99 Å². The number of benzene rings is 2. The van der Waals surface area contributed by atoms with E-state index in [0.717, 1.165) is 15.7 Å². The third-order valence-electron chi connectivity index (χ3n) is 2.52. The van der Waals surface area contributed by atoms with Gasteiger partial charge in [0, 0.05) is 15.7 Å². The average molecular weight is 394 g/mol. The monoisotopic (exact) mass is 392 g/mol. The van der Waals surface area contributed by atoms with E-state index in [2.05, 4.69) is 21.2 Å². The molecule has 0 heterocycles. The highest BCUT2D eigenvalue weighted by atomic mass is 79.9. The molecule has 0 aliphatic rings. The zero-order valence-electron chi connectivity index (χ0n) is 9.88. The highest BCUT2D eigenvalue weighted by Crippen LogP contribution is 2.31. The standard InChI is InChI=1S/C13H8BrCl2FN2S/c14-8-3-6(13(18)20)1-2-11(8)19-7-4-9(15)12(17)10(16)5-7/h1-5,19H,(H2,18,20). The predicted octanol–water partition coefficient (Wildman–Crippen LogP) is 5.27. The predicted molar refractivity (Wildman–Crippen MR) is 89.7 cm³/mol. The molecule has 104 valence electrons. The normalized spacial score (nSPS) is 10.4. The molecule has 0 aliphatic carbocycles. The Morgan fingerprint density at radius 3 is 2.30 bits per heavy atom. The lowest BCUT2D eigenvalue weighted by Crippen LogP contribution is -2.09. The highest BCUT2D eigenvalue weighted by molar-refractivity contribution is 9.10. The minimum atomic E-state index is -0.637. The maximum atomic E-state index is 13.3. The minimum Gasteiger partial charge on any atom is -0.389 e. The maximum Gasteiger partial charge on any atom is 0.160 e. The average Bonchev–Trinajstić information content (AvgIpc) is 2.38. The smallest absolute Gasteiger partial charge is 0.160 e. The first-order valence-corrected chi connectivity index (χ1v) is 7.35. The van der Waals surface area contributed by atoms with Gasteiger partial charge in [-0.25, -0.2) is 4.39 Å². The van der Waals surface area contributed by atoms with Gasteiger partial charge in [0.15, 0.2) is 5.82 Å². The van der Waals surface area contributed by atoms with Gasteiger partial charge in [-0.15, -0.1) is 0 Å². The van der Waals surface area contributed by atoms with Gasteiger partial charge < -0.3 is 11.1 Å². The number of nitrogens with two attached hydrogens (primary N) is 1. The molecule has 0 saturated carbocycles. The third kappa shape index (κ3) is 3.41. The number of hydrogen-bond acceptors (Lipinski definition) is 2. The summed E-state index contributed by atoms with van der Waals surface area (Å²) in [5, 5.41) is 2.99. The van der Waals surface area contributed by atoms with Crippen molar-refractivity contribution in [2.45, 2.75) is 0 Å². The molecule has 0 bridgehead atoms.